The van der Waals surface area contributed by atoms with Crippen molar-refractivity contribution < 1.29 is 47.3 Å². The Bertz CT molecular complexity index is 1120. The average molecular weight is 705 g/mol. The van der Waals surface area contributed by atoms with Crippen LogP contribution in [0.4, 0.5) is 9.59 Å². The molecule has 0 aromatic rings. The molecule has 2 aliphatic rings. The Kier molecular flexibility index (Phi) is 13.8. The Labute approximate surface area is 285 Å². The molecule has 0 unspecified atom stereocenters. The summed E-state index contributed by atoms with van der Waals surface area (Å²) in [5, 5.41) is 9.59. The first-order valence-electron chi connectivity index (χ1n) is 16.5. The number of methoxy groups -OCH3 is 1. The summed E-state index contributed by atoms with van der Waals surface area (Å²) in [4.78, 5) is 51.5. The van der Waals surface area contributed by atoms with Crippen LogP contribution in [0.15, 0.2) is 0 Å². The third-order valence-corrected chi connectivity index (χ3v) is 18.1. The van der Waals surface area contributed by atoms with E-state index in [1.54, 1.807) is 41.5 Å². The smallest absolute Gasteiger partial charge is 0.411 e. The lowest BCUT2D eigenvalue weighted by atomic mass is 10.2. The summed E-state index contributed by atoms with van der Waals surface area (Å²) < 4.78 is 28.3. The lowest BCUT2D eigenvalue weighted by Crippen LogP contribution is -2.52. The minimum absolute atomic E-state index is 0.0185. The van der Waals surface area contributed by atoms with Crippen LogP contribution in [0.25, 0.3) is 0 Å². The Morgan fingerprint density at radius 1 is 0.617 bits per heavy atom. The van der Waals surface area contributed by atoms with Crippen molar-refractivity contribution in [2.24, 2.45) is 0 Å². The lowest BCUT2D eigenvalue weighted by molar-refractivity contribution is -0.148. The number of carboxylic acid groups (broad SMARTS) is 1. The molecule has 47 heavy (non-hydrogen) atoms. The Morgan fingerprint density at radius 2 is 0.936 bits per heavy atom. The number of esters is 1. The number of hydrogen-bond donors (Lipinski definition) is 1. The highest BCUT2D eigenvalue weighted by Gasteiger charge is 2.50. The average Bonchev–Trinajstić information content (AvgIpc) is 3.44. The highest BCUT2D eigenvalue weighted by molar-refractivity contribution is 6.74. The van der Waals surface area contributed by atoms with E-state index < -0.39 is 70.1 Å². The summed E-state index contributed by atoms with van der Waals surface area (Å²) in [6, 6.07) is -1.74. The molecular weight excluding hydrogens is 641 g/mol. The maximum absolute atomic E-state index is 12.5. The van der Waals surface area contributed by atoms with E-state index in [0.29, 0.717) is 25.9 Å². The molecule has 2 saturated heterocycles. The molecule has 0 spiro atoms. The molecule has 2 heterocycles. The molecule has 274 valence electrons. The minimum atomic E-state index is -2.11. The maximum Gasteiger partial charge on any atom is 0.411 e. The monoisotopic (exact) mass is 704 g/mol. The summed E-state index contributed by atoms with van der Waals surface area (Å²) in [6.07, 6.45) is -0.814. The van der Waals surface area contributed by atoms with Gasteiger partial charge in [-0.05, 0) is 90.6 Å². The first kappa shape index (κ1) is 42.9. The van der Waals surface area contributed by atoms with E-state index in [4.69, 9.17) is 23.1 Å². The van der Waals surface area contributed by atoms with Crippen LogP contribution >= 0.6 is 0 Å². The predicted octanol–water partition coefficient (Wildman–Crippen LogP) is 7.03. The summed E-state index contributed by atoms with van der Waals surface area (Å²) in [5.74, 6) is -1.50. The molecule has 0 bridgehead atoms. The van der Waals surface area contributed by atoms with Crippen LogP contribution in [0.2, 0.25) is 36.3 Å². The van der Waals surface area contributed by atoms with E-state index in [2.05, 4.69) is 67.7 Å². The largest absolute Gasteiger partial charge is 0.480 e. The van der Waals surface area contributed by atoms with Crippen molar-refractivity contribution in [3.8, 4) is 0 Å². The molecule has 2 amide bonds. The second-order valence-corrected chi connectivity index (χ2v) is 27.0. The van der Waals surface area contributed by atoms with Crippen molar-refractivity contribution in [2.45, 2.75) is 168 Å². The zero-order valence-electron chi connectivity index (χ0n) is 32.2. The Morgan fingerprint density at radius 3 is 1.21 bits per heavy atom. The van der Waals surface area contributed by atoms with Crippen LogP contribution in [0, 0.1) is 0 Å². The second-order valence-electron chi connectivity index (χ2n) is 17.5. The minimum Gasteiger partial charge on any atom is -0.480 e. The van der Waals surface area contributed by atoms with Crippen molar-refractivity contribution in [1.82, 2.24) is 9.80 Å². The number of carbonyl (C=O) groups excluding carboxylic acids is 3. The highest BCUT2D eigenvalue weighted by Crippen LogP contribution is 2.41. The van der Waals surface area contributed by atoms with Crippen LogP contribution in [-0.2, 0) is 32.7 Å². The molecule has 0 aliphatic carbocycles. The van der Waals surface area contributed by atoms with E-state index in [1.807, 2.05) is 0 Å². The predicted molar refractivity (Wildman–Crippen MR) is 186 cm³/mol. The van der Waals surface area contributed by atoms with Gasteiger partial charge >= 0.3 is 24.1 Å². The van der Waals surface area contributed by atoms with Crippen molar-refractivity contribution >= 4 is 40.8 Å². The standard InChI is InChI=1S/C17H33NO5Si.C16H31NO5Si/c1-16(2,3)22-15(20)18-11-10-12(13(18)14(19)21-7)23-24(8,9)17(4,5)6;1-15(2,3)21-14(20)17-10-9-11(12(17)13(18)19)22-23(7,8)16(4,5)6/h12-13H,10-11H2,1-9H3;11-12H,9-10H2,1-8H3,(H,18,19)/t12-,13-;11-,12-/m00/s1. The van der Waals surface area contributed by atoms with E-state index >= 15 is 0 Å². The fourth-order valence-electron chi connectivity index (χ4n) is 4.63. The first-order chi connectivity index (χ1) is 20.8. The number of rotatable bonds is 6. The number of hydrogen-bond acceptors (Lipinski definition) is 9. The van der Waals surface area contributed by atoms with Crippen LogP contribution < -0.4 is 0 Å². The Hall–Kier alpha value is -2.17. The lowest BCUT2D eigenvalue weighted by Gasteiger charge is -2.39. The molecule has 2 rings (SSSR count). The molecule has 2 fully saturated rings. The maximum atomic E-state index is 12.5. The van der Waals surface area contributed by atoms with Gasteiger partial charge in [0.2, 0.25) is 0 Å². The topological polar surface area (TPSA) is 141 Å². The molecule has 0 radical (unpaired) electrons. The number of ether oxygens (including phenoxy) is 3. The van der Waals surface area contributed by atoms with Crippen LogP contribution in [0.1, 0.15) is 95.9 Å². The van der Waals surface area contributed by atoms with Gasteiger partial charge in [-0.15, -0.1) is 0 Å². The normalized spacial score (nSPS) is 22.7. The number of carbonyl (C=O) groups is 4. The van der Waals surface area contributed by atoms with Crippen molar-refractivity contribution in [2.75, 3.05) is 20.2 Å². The number of nitrogens with zero attached hydrogens (tertiary/aromatic N) is 2. The van der Waals surface area contributed by atoms with E-state index in [-0.39, 0.29) is 16.2 Å². The summed E-state index contributed by atoms with van der Waals surface area (Å²) in [7, 11) is -2.85. The van der Waals surface area contributed by atoms with Gasteiger partial charge in [0.05, 0.1) is 19.3 Å². The fourth-order valence-corrected chi connectivity index (χ4v) is 7.34. The number of aliphatic carboxylic acids is 1. The van der Waals surface area contributed by atoms with Gasteiger partial charge in [-0.1, -0.05) is 41.5 Å². The highest BCUT2D eigenvalue weighted by atomic mass is 28.4. The van der Waals surface area contributed by atoms with Crippen LogP contribution in [0.3, 0.4) is 0 Å². The zero-order valence-corrected chi connectivity index (χ0v) is 34.2. The molecule has 0 aromatic carbocycles. The van der Waals surface area contributed by atoms with Gasteiger partial charge in [0.1, 0.15) is 11.2 Å². The fraction of sp³-hybridized carbons (Fsp3) is 0.879. The first-order valence-corrected chi connectivity index (χ1v) is 22.3. The molecular formula is C33H64N2O10Si2. The van der Waals surface area contributed by atoms with Gasteiger partial charge in [0, 0.05) is 13.1 Å². The number of likely N-dealkylation sites (tertiary alicyclic amines) is 2. The molecule has 2 aliphatic heterocycles. The molecule has 1 N–H and O–H groups in total. The number of carboxylic acids is 1. The van der Waals surface area contributed by atoms with Gasteiger partial charge in [-0.2, -0.15) is 0 Å². The van der Waals surface area contributed by atoms with Gasteiger partial charge in [-0.25, -0.2) is 19.2 Å². The third-order valence-electron chi connectivity index (χ3n) is 9.14. The summed E-state index contributed by atoms with van der Waals surface area (Å²) in [6.45, 7) is 32.7. The van der Waals surface area contributed by atoms with Gasteiger partial charge in [0.25, 0.3) is 0 Å². The van der Waals surface area contributed by atoms with E-state index in [1.165, 1.54) is 16.9 Å². The van der Waals surface area contributed by atoms with Gasteiger partial charge < -0.3 is 28.2 Å². The molecule has 12 nitrogen and oxygen atoms in total. The quantitative estimate of drug-likeness (QED) is 0.174. The molecule has 0 aromatic heterocycles. The van der Waals surface area contributed by atoms with Crippen molar-refractivity contribution in [3.05, 3.63) is 0 Å². The SMILES string of the molecule is CC(C)(C)OC(=O)N1CC[C@H](O[Si](C)(C)C(C)(C)C)[C@H]1C(=O)O.COC(=O)[C@@H]1[C@@H](O[Si](C)(C)C(C)(C)C)CCN1C(=O)OC(C)(C)C. The van der Waals surface area contributed by atoms with E-state index in [0.717, 1.165) is 0 Å². The van der Waals surface area contributed by atoms with Crippen molar-refractivity contribution in [3.63, 3.8) is 0 Å². The van der Waals surface area contributed by atoms with Crippen molar-refractivity contribution in [1.29, 1.82) is 0 Å². The van der Waals surface area contributed by atoms with Gasteiger partial charge in [-0.3, -0.25) is 9.80 Å². The van der Waals surface area contributed by atoms with Gasteiger partial charge in [0.15, 0.2) is 28.7 Å². The second kappa shape index (κ2) is 15.2. The molecule has 14 heteroatoms. The van der Waals surface area contributed by atoms with E-state index in [9.17, 15) is 24.3 Å². The summed E-state index contributed by atoms with van der Waals surface area (Å²) >= 11 is 0. The summed E-state index contributed by atoms with van der Waals surface area (Å²) in [5.41, 5.74) is -1.27. The zero-order chi connectivity index (χ0) is 37.1. The Balaban J connectivity index is 0.000000470. The molecule has 0 saturated carbocycles. The third kappa shape index (κ3) is 12.0. The van der Waals surface area contributed by atoms with Crippen LogP contribution in [-0.4, -0.2) is 111 Å². The number of amides is 2. The van der Waals surface area contributed by atoms with Crippen LogP contribution in [0.5, 0.6) is 0 Å². The molecule has 4 atom stereocenters.